The highest BCUT2D eigenvalue weighted by molar-refractivity contribution is 7.13. The third kappa shape index (κ3) is 3.24. The van der Waals surface area contributed by atoms with Crippen LogP contribution < -0.4 is 10.1 Å². The van der Waals surface area contributed by atoms with E-state index in [2.05, 4.69) is 15.5 Å². The lowest BCUT2D eigenvalue weighted by molar-refractivity contribution is -0.122. The van der Waals surface area contributed by atoms with Gasteiger partial charge in [0.05, 0.1) is 0 Å². The number of halogens is 1. The molecule has 1 aromatic heterocycles. The Labute approximate surface area is 107 Å². The Morgan fingerprint density at radius 1 is 1.56 bits per heavy atom. The van der Waals surface area contributed by atoms with Crippen molar-refractivity contribution in [1.82, 2.24) is 10.2 Å². The third-order valence-corrected chi connectivity index (χ3v) is 2.67. The maximum Gasteiger partial charge on any atom is 0.266 e. The van der Waals surface area contributed by atoms with Gasteiger partial charge in [-0.15, -0.1) is 10.2 Å². The molecule has 7 heteroatoms. The molecule has 2 aromatic rings. The summed E-state index contributed by atoms with van der Waals surface area (Å²) in [5, 5.41) is 10.2. The molecule has 0 saturated heterocycles. The van der Waals surface area contributed by atoms with E-state index in [1.165, 1.54) is 35.0 Å². The summed E-state index contributed by atoms with van der Waals surface area (Å²) in [6, 6.07) is 5.62. The summed E-state index contributed by atoms with van der Waals surface area (Å²) in [7, 11) is 0. The van der Waals surface area contributed by atoms with Crippen molar-refractivity contribution in [3.05, 3.63) is 35.6 Å². The van der Waals surface area contributed by atoms with E-state index in [1.807, 2.05) is 0 Å². The lowest BCUT2D eigenvalue weighted by Gasteiger charge is -2.13. The van der Waals surface area contributed by atoms with Gasteiger partial charge in [-0.25, -0.2) is 4.39 Å². The molecule has 18 heavy (non-hydrogen) atoms. The maximum atomic E-state index is 12.9. The standard InChI is InChI=1S/C11H10FN3O2S/c1-7(10(16)14-11-15-13-6-18-11)17-9-4-2-3-8(12)5-9/h2-7H,1H3,(H,14,15,16)/t7-/m0/s1. The number of amides is 1. The van der Waals surface area contributed by atoms with Gasteiger partial charge in [0, 0.05) is 6.07 Å². The molecule has 0 aliphatic heterocycles. The van der Waals surface area contributed by atoms with Crippen molar-refractivity contribution in [3.63, 3.8) is 0 Å². The number of carbonyl (C=O) groups excluding carboxylic acids is 1. The quantitative estimate of drug-likeness (QED) is 0.921. The number of benzene rings is 1. The zero-order valence-corrected chi connectivity index (χ0v) is 10.3. The van der Waals surface area contributed by atoms with Crippen LogP contribution in [-0.2, 0) is 4.79 Å². The Balaban J connectivity index is 1.95. The van der Waals surface area contributed by atoms with Crippen molar-refractivity contribution < 1.29 is 13.9 Å². The highest BCUT2D eigenvalue weighted by Gasteiger charge is 2.16. The van der Waals surface area contributed by atoms with Crippen LogP contribution in [0.15, 0.2) is 29.8 Å². The van der Waals surface area contributed by atoms with Crippen LogP contribution in [0.5, 0.6) is 5.75 Å². The lowest BCUT2D eigenvalue weighted by Crippen LogP contribution is -2.30. The Hall–Kier alpha value is -2.02. The van der Waals surface area contributed by atoms with Gasteiger partial charge in [-0.1, -0.05) is 17.4 Å². The average Bonchev–Trinajstić information content (AvgIpc) is 2.81. The van der Waals surface area contributed by atoms with Crippen molar-refractivity contribution in [2.24, 2.45) is 0 Å². The second-order valence-electron chi connectivity index (χ2n) is 3.45. The van der Waals surface area contributed by atoms with Gasteiger partial charge in [-0.2, -0.15) is 0 Å². The summed E-state index contributed by atoms with van der Waals surface area (Å²) in [6.07, 6.45) is -0.754. The van der Waals surface area contributed by atoms with E-state index >= 15 is 0 Å². The molecule has 1 heterocycles. The van der Waals surface area contributed by atoms with Crippen LogP contribution in [0, 0.1) is 5.82 Å². The summed E-state index contributed by atoms with van der Waals surface area (Å²) >= 11 is 1.21. The van der Waals surface area contributed by atoms with E-state index in [-0.39, 0.29) is 5.91 Å². The molecular formula is C11H10FN3O2S. The summed E-state index contributed by atoms with van der Waals surface area (Å²) in [5.74, 6) is -0.477. The van der Waals surface area contributed by atoms with E-state index in [1.54, 1.807) is 13.0 Å². The molecule has 2 rings (SSSR count). The summed E-state index contributed by atoms with van der Waals surface area (Å²) < 4.78 is 18.2. The van der Waals surface area contributed by atoms with Crippen LogP contribution in [0.4, 0.5) is 9.52 Å². The van der Waals surface area contributed by atoms with E-state index in [4.69, 9.17) is 4.74 Å². The molecule has 1 N–H and O–H groups in total. The van der Waals surface area contributed by atoms with Crippen LogP contribution in [0.2, 0.25) is 0 Å². The molecule has 0 spiro atoms. The van der Waals surface area contributed by atoms with Crippen molar-refractivity contribution in [2.45, 2.75) is 13.0 Å². The molecule has 0 fully saturated rings. The van der Waals surface area contributed by atoms with E-state index in [9.17, 15) is 9.18 Å². The number of hydrogen-bond donors (Lipinski definition) is 1. The molecule has 0 unspecified atom stereocenters. The third-order valence-electron chi connectivity index (χ3n) is 2.07. The first-order chi connectivity index (χ1) is 8.65. The second-order valence-corrected chi connectivity index (χ2v) is 4.28. The number of anilines is 1. The monoisotopic (exact) mass is 267 g/mol. The van der Waals surface area contributed by atoms with Gasteiger partial charge in [-0.05, 0) is 19.1 Å². The van der Waals surface area contributed by atoms with Gasteiger partial charge in [0.25, 0.3) is 5.91 Å². The van der Waals surface area contributed by atoms with E-state index in [0.29, 0.717) is 10.9 Å². The minimum Gasteiger partial charge on any atom is -0.481 e. The van der Waals surface area contributed by atoms with Crippen molar-refractivity contribution >= 4 is 22.4 Å². The molecule has 94 valence electrons. The predicted molar refractivity (Wildman–Crippen MR) is 65.0 cm³/mol. The summed E-state index contributed by atoms with van der Waals surface area (Å²) in [4.78, 5) is 11.7. The first-order valence-corrected chi connectivity index (χ1v) is 6.02. The lowest BCUT2D eigenvalue weighted by atomic mass is 10.3. The molecule has 0 radical (unpaired) electrons. The van der Waals surface area contributed by atoms with Crippen LogP contribution in [0.1, 0.15) is 6.92 Å². The number of nitrogens with zero attached hydrogens (tertiary/aromatic N) is 2. The first kappa shape index (κ1) is 12.4. The Morgan fingerprint density at radius 3 is 3.06 bits per heavy atom. The summed E-state index contributed by atoms with van der Waals surface area (Å²) in [6.45, 7) is 1.57. The second kappa shape index (κ2) is 5.54. The summed E-state index contributed by atoms with van der Waals surface area (Å²) in [5.41, 5.74) is 1.51. The van der Waals surface area contributed by atoms with Crippen LogP contribution in [0.25, 0.3) is 0 Å². The Kier molecular flexibility index (Phi) is 3.83. The fourth-order valence-electron chi connectivity index (χ4n) is 1.23. The molecule has 0 bridgehead atoms. The molecule has 0 aliphatic rings. The molecule has 1 aromatic carbocycles. The molecule has 1 amide bonds. The van der Waals surface area contributed by atoms with Gasteiger partial charge in [0.2, 0.25) is 5.13 Å². The van der Waals surface area contributed by atoms with E-state index < -0.39 is 11.9 Å². The smallest absolute Gasteiger partial charge is 0.266 e. The van der Waals surface area contributed by atoms with Gasteiger partial charge in [0.15, 0.2) is 6.10 Å². The largest absolute Gasteiger partial charge is 0.481 e. The van der Waals surface area contributed by atoms with Crippen molar-refractivity contribution in [1.29, 1.82) is 0 Å². The Morgan fingerprint density at radius 2 is 2.39 bits per heavy atom. The SMILES string of the molecule is C[C@H](Oc1cccc(F)c1)C(=O)Nc1nncs1. The zero-order valence-electron chi connectivity index (χ0n) is 9.46. The number of ether oxygens (including phenoxy) is 1. The highest BCUT2D eigenvalue weighted by Crippen LogP contribution is 2.15. The Bertz CT molecular complexity index is 533. The number of nitrogens with one attached hydrogen (secondary N) is 1. The molecule has 0 aliphatic carbocycles. The van der Waals surface area contributed by atoms with Crippen LogP contribution in [0.3, 0.4) is 0 Å². The number of hydrogen-bond acceptors (Lipinski definition) is 5. The number of carbonyl (C=O) groups is 1. The average molecular weight is 267 g/mol. The first-order valence-electron chi connectivity index (χ1n) is 5.14. The fourth-order valence-corrected chi connectivity index (χ4v) is 1.68. The predicted octanol–water partition coefficient (Wildman–Crippen LogP) is 2.08. The van der Waals surface area contributed by atoms with Gasteiger partial charge in [-0.3, -0.25) is 10.1 Å². The van der Waals surface area contributed by atoms with Gasteiger partial charge < -0.3 is 4.74 Å². The highest BCUT2D eigenvalue weighted by atomic mass is 32.1. The maximum absolute atomic E-state index is 12.9. The molecule has 0 saturated carbocycles. The number of rotatable bonds is 4. The zero-order chi connectivity index (χ0) is 13.0. The molecule has 1 atom stereocenters. The van der Waals surface area contributed by atoms with Gasteiger partial charge >= 0.3 is 0 Å². The van der Waals surface area contributed by atoms with Crippen molar-refractivity contribution in [3.8, 4) is 5.75 Å². The molecular weight excluding hydrogens is 257 g/mol. The van der Waals surface area contributed by atoms with Crippen molar-refractivity contribution in [2.75, 3.05) is 5.32 Å². The topological polar surface area (TPSA) is 64.1 Å². The van der Waals surface area contributed by atoms with Crippen LogP contribution >= 0.6 is 11.3 Å². The normalized spacial score (nSPS) is 11.9. The van der Waals surface area contributed by atoms with E-state index in [0.717, 1.165) is 0 Å². The minimum absolute atomic E-state index is 0.301. The fraction of sp³-hybridized carbons (Fsp3) is 0.182. The van der Waals surface area contributed by atoms with Gasteiger partial charge in [0.1, 0.15) is 17.1 Å². The molecule has 5 nitrogen and oxygen atoms in total. The minimum atomic E-state index is -0.754. The number of aromatic nitrogens is 2. The van der Waals surface area contributed by atoms with Crippen LogP contribution in [-0.4, -0.2) is 22.2 Å².